The Kier molecular flexibility index (Phi) is 4.47. The molecule has 0 heterocycles. The van der Waals surface area contributed by atoms with Gasteiger partial charge in [0, 0.05) is 12.1 Å². The summed E-state index contributed by atoms with van der Waals surface area (Å²) in [4.78, 5) is 22.7. The summed E-state index contributed by atoms with van der Waals surface area (Å²) in [6.07, 6.45) is 0. The molecule has 19 heavy (non-hydrogen) atoms. The Balaban J connectivity index is 2.77. The van der Waals surface area contributed by atoms with Crippen molar-refractivity contribution in [3.8, 4) is 5.75 Å². The molecule has 0 atom stereocenters. The van der Waals surface area contributed by atoms with Crippen molar-refractivity contribution in [2.24, 2.45) is 5.41 Å². The minimum Gasteiger partial charge on any atom is -0.494 e. The van der Waals surface area contributed by atoms with E-state index in [0.29, 0.717) is 0 Å². The topological polar surface area (TPSA) is 75.6 Å². The minimum absolute atomic E-state index is 0.0269. The van der Waals surface area contributed by atoms with E-state index in [2.05, 4.69) is 5.32 Å². The smallest absolute Gasteiger partial charge is 0.310 e. The van der Waals surface area contributed by atoms with Crippen molar-refractivity contribution in [3.05, 3.63) is 29.6 Å². The highest BCUT2D eigenvalue weighted by atomic mass is 19.1. The van der Waals surface area contributed by atoms with Gasteiger partial charge in [0.05, 0.1) is 12.5 Å². The third-order valence-corrected chi connectivity index (χ3v) is 2.68. The summed E-state index contributed by atoms with van der Waals surface area (Å²) in [5.74, 6) is -2.09. The number of aliphatic carboxylic acids is 1. The zero-order valence-electron chi connectivity index (χ0n) is 11.0. The molecule has 0 aliphatic carbocycles. The number of amides is 1. The van der Waals surface area contributed by atoms with E-state index >= 15 is 0 Å². The molecule has 2 N–H and O–H groups in total. The van der Waals surface area contributed by atoms with Crippen LogP contribution in [0.2, 0.25) is 0 Å². The van der Waals surface area contributed by atoms with E-state index in [9.17, 15) is 14.0 Å². The van der Waals surface area contributed by atoms with Crippen LogP contribution in [0.5, 0.6) is 5.75 Å². The molecule has 1 amide bonds. The quantitative estimate of drug-likeness (QED) is 0.852. The number of carboxylic acid groups (broad SMARTS) is 1. The van der Waals surface area contributed by atoms with Crippen LogP contribution >= 0.6 is 0 Å². The van der Waals surface area contributed by atoms with Crippen LogP contribution in [-0.2, 0) is 4.79 Å². The monoisotopic (exact) mass is 269 g/mol. The lowest BCUT2D eigenvalue weighted by atomic mass is 9.94. The summed E-state index contributed by atoms with van der Waals surface area (Å²) in [6, 6.07) is 3.69. The molecule has 0 saturated heterocycles. The minimum atomic E-state index is -1.07. The maximum absolute atomic E-state index is 13.2. The largest absolute Gasteiger partial charge is 0.494 e. The van der Waals surface area contributed by atoms with Crippen molar-refractivity contribution in [2.45, 2.75) is 13.8 Å². The van der Waals surface area contributed by atoms with Crippen molar-refractivity contribution < 1.29 is 23.8 Å². The second-order valence-electron chi connectivity index (χ2n) is 4.72. The number of benzene rings is 1. The first-order valence-corrected chi connectivity index (χ1v) is 5.63. The highest BCUT2D eigenvalue weighted by molar-refractivity contribution is 5.94. The summed E-state index contributed by atoms with van der Waals surface area (Å²) in [5.41, 5.74) is -0.862. The molecule has 104 valence electrons. The normalized spacial score (nSPS) is 10.9. The molecular formula is C13H16FNO4. The van der Waals surface area contributed by atoms with Gasteiger partial charge in [0.2, 0.25) is 0 Å². The molecule has 0 aliphatic heterocycles. The Morgan fingerprint density at radius 2 is 2.05 bits per heavy atom. The van der Waals surface area contributed by atoms with E-state index in [4.69, 9.17) is 9.84 Å². The second-order valence-corrected chi connectivity index (χ2v) is 4.72. The predicted molar refractivity (Wildman–Crippen MR) is 66.7 cm³/mol. The van der Waals surface area contributed by atoms with E-state index in [0.717, 1.165) is 6.07 Å². The summed E-state index contributed by atoms with van der Waals surface area (Å²) in [7, 11) is 1.30. The average Bonchev–Trinajstić information content (AvgIpc) is 2.36. The van der Waals surface area contributed by atoms with Gasteiger partial charge in [0.15, 0.2) is 11.6 Å². The van der Waals surface area contributed by atoms with Gasteiger partial charge in [-0.05, 0) is 32.0 Å². The fourth-order valence-corrected chi connectivity index (χ4v) is 1.28. The standard InChI is InChI=1S/C13H16FNO4/c1-13(2,12(17)18)7-15-11(16)8-4-5-9(14)10(6-8)19-3/h4-6H,7H2,1-3H3,(H,15,16)(H,17,18). The van der Waals surface area contributed by atoms with E-state index in [1.54, 1.807) is 0 Å². The first-order valence-electron chi connectivity index (χ1n) is 5.63. The molecule has 0 spiro atoms. The maximum Gasteiger partial charge on any atom is 0.310 e. The van der Waals surface area contributed by atoms with Gasteiger partial charge < -0.3 is 15.2 Å². The van der Waals surface area contributed by atoms with Gasteiger partial charge in [0.25, 0.3) is 5.91 Å². The molecule has 1 rings (SSSR count). The zero-order valence-corrected chi connectivity index (χ0v) is 11.0. The third-order valence-electron chi connectivity index (χ3n) is 2.68. The van der Waals surface area contributed by atoms with Crippen LogP contribution in [0, 0.1) is 11.2 Å². The molecule has 1 aromatic rings. The lowest BCUT2D eigenvalue weighted by Gasteiger charge is -2.19. The number of hydrogen-bond donors (Lipinski definition) is 2. The van der Waals surface area contributed by atoms with Gasteiger partial charge >= 0.3 is 5.97 Å². The van der Waals surface area contributed by atoms with E-state index in [1.165, 1.54) is 33.1 Å². The van der Waals surface area contributed by atoms with E-state index < -0.39 is 23.1 Å². The average molecular weight is 269 g/mol. The van der Waals surface area contributed by atoms with Crippen LogP contribution in [0.1, 0.15) is 24.2 Å². The Bertz CT molecular complexity index is 499. The number of nitrogens with one attached hydrogen (secondary N) is 1. The van der Waals surface area contributed by atoms with Crippen molar-refractivity contribution in [3.63, 3.8) is 0 Å². The summed E-state index contributed by atoms with van der Waals surface area (Å²) < 4.78 is 18.0. The molecule has 0 bridgehead atoms. The van der Waals surface area contributed by atoms with Crippen LogP contribution in [0.3, 0.4) is 0 Å². The number of carboxylic acids is 1. The highest BCUT2D eigenvalue weighted by Gasteiger charge is 2.27. The van der Waals surface area contributed by atoms with E-state index in [1.807, 2.05) is 0 Å². The number of halogens is 1. The molecule has 6 heteroatoms. The van der Waals surface area contributed by atoms with Crippen molar-refractivity contribution in [1.29, 1.82) is 0 Å². The number of methoxy groups -OCH3 is 1. The van der Waals surface area contributed by atoms with Gasteiger partial charge in [-0.15, -0.1) is 0 Å². The molecule has 0 saturated carbocycles. The van der Waals surface area contributed by atoms with Gasteiger partial charge in [-0.1, -0.05) is 0 Å². The van der Waals surface area contributed by atoms with Crippen LogP contribution in [-0.4, -0.2) is 30.6 Å². The van der Waals surface area contributed by atoms with Gasteiger partial charge in [-0.3, -0.25) is 9.59 Å². The molecule has 1 aromatic carbocycles. The Morgan fingerprint density at radius 1 is 1.42 bits per heavy atom. The first-order chi connectivity index (χ1) is 8.77. The van der Waals surface area contributed by atoms with E-state index in [-0.39, 0.29) is 17.9 Å². The number of carbonyl (C=O) groups is 2. The Labute approximate surface area is 110 Å². The zero-order chi connectivity index (χ0) is 14.6. The van der Waals surface area contributed by atoms with Crippen LogP contribution in [0.15, 0.2) is 18.2 Å². The van der Waals surface area contributed by atoms with Gasteiger partial charge in [0.1, 0.15) is 0 Å². The molecule has 0 radical (unpaired) electrons. The molecule has 5 nitrogen and oxygen atoms in total. The van der Waals surface area contributed by atoms with Crippen molar-refractivity contribution >= 4 is 11.9 Å². The number of ether oxygens (including phenoxy) is 1. The summed E-state index contributed by atoms with van der Waals surface area (Å²) in [6.45, 7) is 2.97. The van der Waals surface area contributed by atoms with Crippen LogP contribution in [0.25, 0.3) is 0 Å². The molecule has 0 unspecified atom stereocenters. The first kappa shape index (κ1) is 14.9. The van der Waals surface area contributed by atoms with Crippen molar-refractivity contribution in [1.82, 2.24) is 5.32 Å². The lowest BCUT2D eigenvalue weighted by Crippen LogP contribution is -2.38. The second kappa shape index (κ2) is 5.69. The summed E-state index contributed by atoms with van der Waals surface area (Å²) >= 11 is 0. The SMILES string of the molecule is COc1cc(C(=O)NCC(C)(C)C(=O)O)ccc1F. The Morgan fingerprint density at radius 3 is 2.58 bits per heavy atom. The maximum atomic E-state index is 13.2. The van der Waals surface area contributed by atoms with Crippen LogP contribution in [0.4, 0.5) is 4.39 Å². The third kappa shape index (κ3) is 3.67. The Hall–Kier alpha value is -2.11. The summed E-state index contributed by atoms with van der Waals surface area (Å²) in [5, 5.41) is 11.4. The number of carbonyl (C=O) groups excluding carboxylic acids is 1. The number of hydrogen-bond acceptors (Lipinski definition) is 3. The highest BCUT2D eigenvalue weighted by Crippen LogP contribution is 2.19. The molecule has 0 aliphatic rings. The molecule has 0 fully saturated rings. The fourth-order valence-electron chi connectivity index (χ4n) is 1.28. The lowest BCUT2D eigenvalue weighted by molar-refractivity contribution is -0.146. The number of rotatable bonds is 5. The van der Waals surface area contributed by atoms with Crippen molar-refractivity contribution in [2.75, 3.05) is 13.7 Å². The predicted octanol–water partition coefficient (Wildman–Crippen LogP) is 1.67. The fraction of sp³-hybridized carbons (Fsp3) is 0.385. The molecule has 0 aromatic heterocycles. The van der Waals surface area contributed by atoms with Crippen LogP contribution < -0.4 is 10.1 Å². The van der Waals surface area contributed by atoms with Gasteiger partial charge in [-0.2, -0.15) is 0 Å². The van der Waals surface area contributed by atoms with Gasteiger partial charge in [-0.25, -0.2) is 4.39 Å². The molecular weight excluding hydrogens is 253 g/mol.